The molecule has 3 aromatic rings. The van der Waals surface area contributed by atoms with Gasteiger partial charge in [-0.3, -0.25) is 9.48 Å². The molecule has 1 atom stereocenters. The van der Waals surface area contributed by atoms with E-state index in [2.05, 4.69) is 40.0 Å². The van der Waals surface area contributed by atoms with Crippen molar-refractivity contribution in [2.45, 2.75) is 12.0 Å². The summed E-state index contributed by atoms with van der Waals surface area (Å²) in [4.78, 5) is 35.9. The number of rotatable bonds is 10. The predicted octanol–water partition coefficient (Wildman–Crippen LogP) is 2.93. The van der Waals surface area contributed by atoms with E-state index in [1.54, 1.807) is 13.1 Å². The maximum absolute atomic E-state index is 12.2. The van der Waals surface area contributed by atoms with Crippen molar-refractivity contribution in [3.05, 3.63) is 77.6 Å². The molecule has 2 amide bonds. The molecular weight excluding hydrogens is 468 g/mol. The Bertz CT molecular complexity index is 1180. The standard InChI is InChI=1S/C25H26N4O5S/c1-29-21(10-11-27-29)23(24(31)32)28-22(30)15-35-13-12-26-25(33)34-14-20-18-8-4-2-6-16(18)17-7-3-5-9-19(17)20/h2-11,20,23H,12-15H2,1H3,(H,26,33)(H,28,30)(H,31,32). The zero-order chi connectivity index (χ0) is 24.8. The van der Waals surface area contributed by atoms with Crippen molar-refractivity contribution in [2.75, 3.05) is 24.7 Å². The fourth-order valence-corrected chi connectivity index (χ4v) is 4.83. The SMILES string of the molecule is Cn1nccc1C(NC(=O)CSCCNC(=O)OCC1c2ccccc2-c2ccccc21)C(=O)O. The van der Waals surface area contributed by atoms with E-state index in [1.807, 2.05) is 24.3 Å². The molecule has 0 spiro atoms. The number of aliphatic carboxylic acids is 1. The number of aromatic nitrogens is 2. The van der Waals surface area contributed by atoms with Crippen molar-refractivity contribution in [3.63, 3.8) is 0 Å². The van der Waals surface area contributed by atoms with E-state index in [9.17, 15) is 19.5 Å². The normalized spacial score (nSPS) is 12.9. The third-order valence-electron chi connectivity index (χ3n) is 5.80. The number of hydrogen-bond donors (Lipinski definition) is 3. The number of hydrogen-bond acceptors (Lipinski definition) is 6. The fraction of sp³-hybridized carbons (Fsp3) is 0.280. The van der Waals surface area contributed by atoms with Gasteiger partial charge in [-0.05, 0) is 28.3 Å². The molecule has 2 aromatic carbocycles. The van der Waals surface area contributed by atoms with Crippen molar-refractivity contribution >= 4 is 29.7 Å². The van der Waals surface area contributed by atoms with Crippen LogP contribution in [0.1, 0.15) is 28.8 Å². The fourth-order valence-electron chi connectivity index (χ4n) is 4.17. The highest BCUT2D eigenvalue weighted by molar-refractivity contribution is 7.99. The second kappa shape index (κ2) is 11.1. The number of carbonyl (C=O) groups is 3. The minimum absolute atomic E-state index is 0.00664. The van der Waals surface area contributed by atoms with Gasteiger partial charge in [0.2, 0.25) is 5.91 Å². The third-order valence-corrected chi connectivity index (χ3v) is 6.76. The second-order valence-electron chi connectivity index (χ2n) is 8.02. The average molecular weight is 495 g/mol. The molecule has 0 radical (unpaired) electrons. The van der Waals surface area contributed by atoms with E-state index >= 15 is 0 Å². The number of nitrogens with one attached hydrogen (secondary N) is 2. The molecule has 1 unspecified atom stereocenters. The molecule has 10 heteroatoms. The molecule has 1 aromatic heterocycles. The number of aryl methyl sites for hydroxylation is 1. The summed E-state index contributed by atoms with van der Waals surface area (Å²) in [5.41, 5.74) is 5.01. The quantitative estimate of drug-likeness (QED) is 0.370. The van der Waals surface area contributed by atoms with Gasteiger partial charge in [-0.25, -0.2) is 9.59 Å². The number of carbonyl (C=O) groups excluding carboxylic acids is 2. The van der Waals surface area contributed by atoms with Crippen LogP contribution < -0.4 is 10.6 Å². The Morgan fingerprint density at radius 1 is 1.09 bits per heavy atom. The van der Waals surface area contributed by atoms with Gasteiger partial charge in [0.05, 0.1) is 11.4 Å². The summed E-state index contributed by atoms with van der Waals surface area (Å²) < 4.78 is 6.89. The molecular formula is C25H26N4O5S. The van der Waals surface area contributed by atoms with Gasteiger partial charge in [-0.1, -0.05) is 48.5 Å². The highest BCUT2D eigenvalue weighted by Gasteiger charge is 2.29. The average Bonchev–Trinajstić information content (AvgIpc) is 3.41. The van der Waals surface area contributed by atoms with Crippen LogP contribution in [0.25, 0.3) is 11.1 Å². The van der Waals surface area contributed by atoms with E-state index in [0.29, 0.717) is 18.0 Å². The number of benzene rings is 2. The zero-order valence-electron chi connectivity index (χ0n) is 19.1. The van der Waals surface area contributed by atoms with Gasteiger partial charge < -0.3 is 20.5 Å². The number of fused-ring (bicyclic) bond motifs is 3. The summed E-state index contributed by atoms with van der Waals surface area (Å²) in [7, 11) is 1.61. The Hall–Kier alpha value is -3.79. The molecule has 0 saturated heterocycles. The first-order valence-electron chi connectivity index (χ1n) is 11.1. The van der Waals surface area contributed by atoms with Crippen LogP contribution in [-0.2, 0) is 21.4 Å². The highest BCUT2D eigenvalue weighted by Crippen LogP contribution is 2.44. The molecule has 0 aliphatic heterocycles. The van der Waals surface area contributed by atoms with Crippen molar-refractivity contribution in [2.24, 2.45) is 7.05 Å². The zero-order valence-corrected chi connectivity index (χ0v) is 20.0. The minimum Gasteiger partial charge on any atom is -0.479 e. The summed E-state index contributed by atoms with van der Waals surface area (Å²) in [6.45, 7) is 0.554. The van der Waals surface area contributed by atoms with Gasteiger partial charge in [0.1, 0.15) is 6.61 Å². The Morgan fingerprint density at radius 3 is 2.34 bits per heavy atom. The van der Waals surface area contributed by atoms with Gasteiger partial charge in [0, 0.05) is 31.5 Å². The summed E-state index contributed by atoms with van der Waals surface area (Å²) in [5, 5.41) is 18.5. The van der Waals surface area contributed by atoms with Crippen LogP contribution in [0.2, 0.25) is 0 Å². The second-order valence-corrected chi connectivity index (χ2v) is 9.13. The lowest BCUT2D eigenvalue weighted by Gasteiger charge is -2.15. The van der Waals surface area contributed by atoms with Crippen molar-refractivity contribution in [3.8, 4) is 11.1 Å². The molecule has 1 aliphatic rings. The summed E-state index contributed by atoms with van der Waals surface area (Å²) >= 11 is 1.29. The predicted molar refractivity (Wildman–Crippen MR) is 132 cm³/mol. The highest BCUT2D eigenvalue weighted by atomic mass is 32.2. The smallest absolute Gasteiger partial charge is 0.407 e. The molecule has 0 saturated carbocycles. The molecule has 1 aliphatic carbocycles. The van der Waals surface area contributed by atoms with Crippen LogP contribution in [-0.4, -0.2) is 57.5 Å². The first-order valence-corrected chi connectivity index (χ1v) is 12.3. The Balaban J connectivity index is 1.18. The number of nitrogens with zero attached hydrogens (tertiary/aromatic N) is 2. The number of carboxylic acids is 1. The molecule has 0 bridgehead atoms. The van der Waals surface area contributed by atoms with E-state index in [1.165, 1.54) is 33.8 Å². The number of amides is 2. The van der Waals surface area contributed by atoms with Gasteiger partial charge >= 0.3 is 12.1 Å². The maximum atomic E-state index is 12.2. The molecule has 182 valence electrons. The van der Waals surface area contributed by atoms with Crippen molar-refractivity contribution in [1.29, 1.82) is 0 Å². The van der Waals surface area contributed by atoms with Crippen LogP contribution in [0.4, 0.5) is 4.79 Å². The Kier molecular flexibility index (Phi) is 7.71. The lowest BCUT2D eigenvalue weighted by atomic mass is 9.98. The van der Waals surface area contributed by atoms with Crippen molar-refractivity contribution < 1.29 is 24.2 Å². The van der Waals surface area contributed by atoms with Crippen molar-refractivity contribution in [1.82, 2.24) is 20.4 Å². The van der Waals surface area contributed by atoms with Gasteiger partial charge in [-0.15, -0.1) is 0 Å². The molecule has 3 N–H and O–H groups in total. The molecule has 9 nitrogen and oxygen atoms in total. The molecule has 0 fully saturated rings. The van der Waals surface area contributed by atoms with Crippen LogP contribution in [0.3, 0.4) is 0 Å². The number of ether oxygens (including phenoxy) is 1. The van der Waals surface area contributed by atoms with E-state index in [-0.39, 0.29) is 18.3 Å². The Labute approximate surface area is 206 Å². The molecule has 1 heterocycles. The minimum atomic E-state index is -1.17. The summed E-state index contributed by atoms with van der Waals surface area (Å²) in [6, 6.07) is 16.6. The van der Waals surface area contributed by atoms with Crippen LogP contribution in [0.15, 0.2) is 60.8 Å². The number of thioether (sulfide) groups is 1. The summed E-state index contributed by atoms with van der Waals surface area (Å²) in [5.74, 6) is -1.05. The number of alkyl carbamates (subject to hydrolysis) is 1. The third kappa shape index (κ3) is 5.65. The topological polar surface area (TPSA) is 123 Å². The van der Waals surface area contributed by atoms with Crippen LogP contribution in [0.5, 0.6) is 0 Å². The van der Waals surface area contributed by atoms with Gasteiger partial charge in [0.25, 0.3) is 0 Å². The van der Waals surface area contributed by atoms with Gasteiger partial charge in [-0.2, -0.15) is 16.9 Å². The monoisotopic (exact) mass is 494 g/mol. The first kappa shape index (κ1) is 24.3. The van der Waals surface area contributed by atoms with Gasteiger partial charge in [0.15, 0.2) is 6.04 Å². The first-order chi connectivity index (χ1) is 17.0. The van der Waals surface area contributed by atoms with Crippen LogP contribution in [0, 0.1) is 0 Å². The van der Waals surface area contributed by atoms with E-state index < -0.39 is 24.0 Å². The van der Waals surface area contributed by atoms with E-state index in [0.717, 1.165) is 11.1 Å². The maximum Gasteiger partial charge on any atom is 0.407 e. The molecule has 35 heavy (non-hydrogen) atoms. The van der Waals surface area contributed by atoms with Crippen LogP contribution >= 0.6 is 11.8 Å². The Morgan fingerprint density at radius 2 is 1.74 bits per heavy atom. The lowest BCUT2D eigenvalue weighted by Crippen LogP contribution is -2.36. The lowest BCUT2D eigenvalue weighted by molar-refractivity contribution is -0.141. The number of carboxylic acid groups (broad SMARTS) is 1. The molecule has 4 rings (SSSR count). The van der Waals surface area contributed by atoms with E-state index in [4.69, 9.17) is 4.74 Å². The largest absolute Gasteiger partial charge is 0.479 e. The summed E-state index contributed by atoms with van der Waals surface area (Å²) in [6.07, 6.45) is 0.959.